The molecule has 0 atom stereocenters. The molecule has 2 aromatic rings. The number of methoxy groups -OCH3 is 1. The van der Waals surface area contributed by atoms with Gasteiger partial charge in [-0.1, -0.05) is 146 Å². The minimum atomic E-state index is -1.11. The van der Waals surface area contributed by atoms with Crippen LogP contribution in [-0.4, -0.2) is 42.6 Å². The second kappa shape index (κ2) is 19.0. The number of nitrogens with zero attached hydrogens (tertiary/aromatic N) is 3. The Morgan fingerprint density at radius 1 is 0.810 bits per heavy atom. The molecule has 0 spiro atoms. The van der Waals surface area contributed by atoms with E-state index in [-0.39, 0.29) is 45.8 Å². The van der Waals surface area contributed by atoms with E-state index in [2.05, 4.69) is 106 Å². The molecule has 5 nitrogen and oxygen atoms in total. The Labute approximate surface area is 293 Å². The van der Waals surface area contributed by atoms with Crippen molar-refractivity contribution in [1.29, 1.82) is 0 Å². The molecule has 0 radical (unpaired) electrons. The van der Waals surface area contributed by atoms with Crippen molar-refractivity contribution >= 4 is 33.7 Å². The average molecular weight is 748 g/mol. The van der Waals surface area contributed by atoms with E-state index in [1.165, 1.54) is 24.0 Å². The van der Waals surface area contributed by atoms with E-state index in [1.807, 2.05) is 24.3 Å². The van der Waals surface area contributed by atoms with Gasteiger partial charge in [0.15, 0.2) is 0 Å². The van der Waals surface area contributed by atoms with Crippen LogP contribution in [-0.2, 0) is 4.74 Å². The molecule has 0 N–H and O–H groups in total. The number of benzene rings is 2. The summed E-state index contributed by atoms with van der Waals surface area (Å²) in [5.74, 6) is 2.36. The molecule has 2 aromatic carbocycles. The molecule has 0 aliphatic carbocycles. The van der Waals surface area contributed by atoms with Crippen LogP contribution in [0.5, 0.6) is 5.75 Å². The fourth-order valence-electron chi connectivity index (χ4n) is 4.46. The van der Waals surface area contributed by atoms with E-state index in [0.717, 1.165) is 36.2 Å². The zero-order valence-corrected chi connectivity index (χ0v) is 33.7. The van der Waals surface area contributed by atoms with Gasteiger partial charge in [-0.15, -0.1) is 0 Å². The second-order valence-electron chi connectivity index (χ2n) is 14.3. The fraction of sp³-hybridized carbons (Fsp3) is 0.618. The van der Waals surface area contributed by atoms with Crippen LogP contribution < -0.4 is 4.74 Å². The third-order valence-corrected chi connectivity index (χ3v) is 11.4. The van der Waals surface area contributed by atoms with E-state index in [1.54, 1.807) is 7.11 Å². The predicted molar refractivity (Wildman–Crippen MR) is 187 cm³/mol. The summed E-state index contributed by atoms with van der Waals surface area (Å²) in [7, 11) is -0.538. The van der Waals surface area contributed by atoms with Gasteiger partial charge in [0.1, 0.15) is 5.75 Å². The maximum Gasteiger partial charge on any atom is 0.122 e. The second-order valence-corrected chi connectivity index (χ2v) is 23.9. The van der Waals surface area contributed by atoms with Gasteiger partial charge in [-0.05, 0) is 53.0 Å². The molecular formula is C34H59N3O2Si2Sm-2. The topological polar surface area (TPSA) is 59.0 Å². The number of hydrogen-bond acceptors (Lipinski definition) is 3. The first-order valence-electron chi connectivity index (χ1n) is 15.2. The Morgan fingerprint density at radius 2 is 1.29 bits per heavy atom. The first-order valence-corrected chi connectivity index (χ1v) is 22.1. The molecule has 0 amide bonds. The van der Waals surface area contributed by atoms with Crippen molar-refractivity contribution in [1.82, 2.24) is 0 Å². The third kappa shape index (κ3) is 16.5. The number of aliphatic imine (C=N–C) groups is 1. The first kappa shape index (κ1) is 41.4. The van der Waals surface area contributed by atoms with Crippen molar-refractivity contribution in [3.8, 4) is 5.75 Å². The van der Waals surface area contributed by atoms with E-state index in [0.29, 0.717) is 11.8 Å². The zero-order chi connectivity index (χ0) is 31.4. The fourth-order valence-corrected chi connectivity index (χ4v) is 12.5. The van der Waals surface area contributed by atoms with Crippen molar-refractivity contribution in [3.05, 3.63) is 63.6 Å². The molecule has 238 valence electrons. The smallest absolute Gasteiger partial charge is 0.122 e. The first-order chi connectivity index (χ1) is 18.9. The average Bonchev–Trinajstić information content (AvgIpc) is 3.41. The summed E-state index contributed by atoms with van der Waals surface area (Å²) in [6, 6.07) is 14.3. The van der Waals surface area contributed by atoms with Gasteiger partial charge in [0.25, 0.3) is 0 Å². The summed E-state index contributed by atoms with van der Waals surface area (Å²) in [6.45, 7) is 31.1. The molecule has 0 saturated carbocycles. The van der Waals surface area contributed by atoms with Gasteiger partial charge >= 0.3 is 0 Å². The van der Waals surface area contributed by atoms with Crippen LogP contribution in [0, 0.1) is 45.8 Å². The third-order valence-electron chi connectivity index (χ3n) is 6.04. The minimum Gasteiger partial charge on any atom is -0.668 e. The summed E-state index contributed by atoms with van der Waals surface area (Å²) in [5.41, 5.74) is 4.20. The number of para-hydroxylation sites is 3. The van der Waals surface area contributed by atoms with E-state index in [4.69, 9.17) is 24.4 Å². The van der Waals surface area contributed by atoms with Crippen molar-refractivity contribution < 1.29 is 49.9 Å². The van der Waals surface area contributed by atoms with Crippen molar-refractivity contribution in [3.63, 3.8) is 0 Å². The normalized spacial score (nSPS) is 14.0. The van der Waals surface area contributed by atoms with Crippen LogP contribution >= 0.6 is 0 Å². The molecule has 1 saturated heterocycles. The van der Waals surface area contributed by atoms with E-state index >= 15 is 0 Å². The minimum absolute atomic E-state index is 0. The Hall–Kier alpha value is -0.599. The monoisotopic (exact) mass is 749 g/mol. The summed E-state index contributed by atoms with van der Waals surface area (Å²) in [5, 5.41) is 4.92. The molecule has 1 fully saturated rings. The van der Waals surface area contributed by atoms with Gasteiger partial charge in [0.05, 0.1) is 7.11 Å². The van der Waals surface area contributed by atoms with Crippen LogP contribution in [0.3, 0.4) is 0 Å². The summed E-state index contributed by atoms with van der Waals surface area (Å²) < 4.78 is 15.2. The molecule has 1 heterocycles. The Balaban J connectivity index is 0.000000920. The molecule has 0 unspecified atom stereocenters. The van der Waals surface area contributed by atoms with Crippen molar-refractivity contribution in [2.24, 2.45) is 10.4 Å². The van der Waals surface area contributed by atoms with Gasteiger partial charge in [0, 0.05) is 59.3 Å². The molecule has 3 rings (SSSR count). The quantitative estimate of drug-likeness (QED) is 0.161. The van der Waals surface area contributed by atoms with Gasteiger partial charge in [0.2, 0.25) is 0 Å². The molecule has 8 heteroatoms. The van der Waals surface area contributed by atoms with Gasteiger partial charge < -0.3 is 24.4 Å². The van der Waals surface area contributed by atoms with Crippen LogP contribution in [0.25, 0.3) is 9.96 Å². The van der Waals surface area contributed by atoms with Crippen LogP contribution in [0.4, 0.5) is 11.4 Å². The van der Waals surface area contributed by atoms with Gasteiger partial charge in [-0.3, -0.25) is 0 Å². The maximum absolute atomic E-state index is 5.48. The molecule has 1 aliphatic heterocycles. The Morgan fingerprint density at radius 3 is 1.62 bits per heavy atom. The zero-order valence-electron chi connectivity index (χ0n) is 29.1. The van der Waals surface area contributed by atoms with E-state index < -0.39 is 16.5 Å². The SMILES string of the molecule is C1CCOC1.COc1ccccc1[N-]C(=Nc1c(C(C)C)cccc1C(C)C)C(C)(C)C.C[Si](C)(C)[N-][Si](C)(C)C.[Sm]. The largest absolute Gasteiger partial charge is 0.668 e. The van der Waals surface area contributed by atoms with Gasteiger partial charge in [-0.2, -0.15) is 0 Å². The summed E-state index contributed by atoms with van der Waals surface area (Å²) in [6.07, 6.45) is 2.56. The number of hydrogen-bond donors (Lipinski definition) is 0. The molecule has 1 aliphatic rings. The van der Waals surface area contributed by atoms with Crippen LogP contribution in [0.2, 0.25) is 39.3 Å². The molecule has 0 aromatic heterocycles. The molecule has 42 heavy (non-hydrogen) atoms. The van der Waals surface area contributed by atoms with Crippen molar-refractivity contribution in [2.75, 3.05) is 20.3 Å². The summed E-state index contributed by atoms with van der Waals surface area (Å²) in [4.78, 5) is 5.14. The Kier molecular flexibility index (Phi) is 18.8. The standard InChI is InChI=1S/C24H33N2O.C6H18NSi2.C4H8O.Sm/c1-16(2)18-12-11-13-19(17(3)4)22(18)26-23(24(5,6)7)25-20-14-9-10-15-21(20)27-8;1-8(2,3)7-9(4,5)6;1-2-4-5-3-1;/h9-17H,1-8H3;1-6H3;1-4H2;/q2*-1;;. The van der Waals surface area contributed by atoms with Crippen LogP contribution in [0.1, 0.15) is 84.3 Å². The summed E-state index contributed by atoms with van der Waals surface area (Å²) >= 11 is 0. The number of amidine groups is 1. The van der Waals surface area contributed by atoms with E-state index in [9.17, 15) is 0 Å². The maximum atomic E-state index is 5.48. The van der Waals surface area contributed by atoms with Crippen LogP contribution in [0.15, 0.2) is 47.5 Å². The number of rotatable bonds is 7. The predicted octanol–water partition coefficient (Wildman–Crippen LogP) is 11.6. The number of ether oxygens (including phenoxy) is 2. The molecule has 0 bridgehead atoms. The van der Waals surface area contributed by atoms with Crippen molar-refractivity contribution in [2.45, 2.75) is 112 Å². The Bertz CT molecular complexity index is 1040. The molecular weight excluding hydrogens is 689 g/mol. The van der Waals surface area contributed by atoms with Gasteiger partial charge in [-0.25, -0.2) is 0 Å².